The number of hydrogen-bond acceptors (Lipinski definition) is 3. The molecule has 4 nitrogen and oxygen atoms in total. The second kappa shape index (κ2) is 6.45. The van der Waals surface area contributed by atoms with Crippen LogP contribution in [0, 0.1) is 5.92 Å². The number of carbonyl (C=O) groups is 1. The summed E-state index contributed by atoms with van der Waals surface area (Å²) in [6.07, 6.45) is 1.60. The van der Waals surface area contributed by atoms with Crippen molar-refractivity contribution in [2.75, 3.05) is 0 Å². The van der Waals surface area contributed by atoms with Gasteiger partial charge in [-0.3, -0.25) is 4.79 Å². The fourth-order valence-electron chi connectivity index (χ4n) is 1.40. The Labute approximate surface area is 103 Å². The number of furan rings is 1. The molecule has 0 aliphatic carbocycles. The van der Waals surface area contributed by atoms with Crippen LogP contribution in [0.25, 0.3) is 0 Å². The maximum Gasteiger partial charge on any atom is 0.237 e. The van der Waals surface area contributed by atoms with E-state index in [9.17, 15) is 4.79 Å². The summed E-state index contributed by atoms with van der Waals surface area (Å²) in [6, 6.07) is 3.78. The van der Waals surface area contributed by atoms with Crippen molar-refractivity contribution in [3.05, 3.63) is 24.2 Å². The zero-order valence-electron chi connectivity index (χ0n) is 11.0. The molecule has 0 saturated heterocycles. The highest BCUT2D eigenvalue weighted by Gasteiger charge is 2.16. The van der Waals surface area contributed by atoms with Gasteiger partial charge in [0.05, 0.1) is 18.8 Å². The van der Waals surface area contributed by atoms with Gasteiger partial charge in [0.2, 0.25) is 5.91 Å². The molecule has 4 heteroatoms. The number of hydrogen-bond donors (Lipinski definition) is 2. The first-order valence-corrected chi connectivity index (χ1v) is 6.07. The van der Waals surface area contributed by atoms with Crippen LogP contribution >= 0.6 is 0 Å². The van der Waals surface area contributed by atoms with Crippen molar-refractivity contribution < 1.29 is 9.21 Å². The van der Waals surface area contributed by atoms with E-state index in [0.717, 1.165) is 5.76 Å². The van der Waals surface area contributed by atoms with Gasteiger partial charge in [-0.25, -0.2) is 0 Å². The zero-order valence-corrected chi connectivity index (χ0v) is 11.0. The number of nitrogens with one attached hydrogen (secondary N) is 2. The molecule has 2 N–H and O–H groups in total. The molecule has 0 aliphatic rings. The summed E-state index contributed by atoms with van der Waals surface area (Å²) in [5.74, 6) is 1.27. The highest BCUT2D eigenvalue weighted by molar-refractivity contribution is 5.81. The van der Waals surface area contributed by atoms with Crippen LogP contribution in [0.15, 0.2) is 22.8 Å². The summed E-state index contributed by atoms with van der Waals surface area (Å²) >= 11 is 0. The molecule has 1 amide bonds. The van der Waals surface area contributed by atoms with Crippen molar-refractivity contribution in [3.8, 4) is 0 Å². The Kier molecular flexibility index (Phi) is 5.22. The van der Waals surface area contributed by atoms with Crippen LogP contribution in [0.4, 0.5) is 0 Å². The van der Waals surface area contributed by atoms with Crippen LogP contribution in [0.5, 0.6) is 0 Å². The molecule has 0 spiro atoms. The fourth-order valence-corrected chi connectivity index (χ4v) is 1.40. The maximum atomic E-state index is 11.8. The lowest BCUT2D eigenvalue weighted by Gasteiger charge is -2.22. The van der Waals surface area contributed by atoms with Crippen LogP contribution in [-0.2, 0) is 11.3 Å². The van der Waals surface area contributed by atoms with Crippen LogP contribution in [0.1, 0.15) is 33.5 Å². The minimum atomic E-state index is -0.192. The third kappa shape index (κ3) is 4.61. The number of carbonyl (C=O) groups excluding carboxylic acids is 1. The second-order valence-corrected chi connectivity index (χ2v) is 4.72. The smallest absolute Gasteiger partial charge is 0.237 e. The fraction of sp³-hybridized carbons (Fsp3) is 0.615. The Hall–Kier alpha value is -1.29. The van der Waals surface area contributed by atoms with E-state index in [0.29, 0.717) is 18.5 Å². The van der Waals surface area contributed by atoms with E-state index in [2.05, 4.69) is 31.4 Å². The molecule has 1 aromatic heterocycles. The van der Waals surface area contributed by atoms with Gasteiger partial charge in [0.1, 0.15) is 5.76 Å². The minimum Gasteiger partial charge on any atom is -0.467 e. The first kappa shape index (κ1) is 13.8. The van der Waals surface area contributed by atoms with Crippen LogP contribution in [-0.4, -0.2) is 18.0 Å². The summed E-state index contributed by atoms with van der Waals surface area (Å²) in [7, 11) is 0. The third-order valence-electron chi connectivity index (χ3n) is 2.92. The predicted molar refractivity (Wildman–Crippen MR) is 67.5 cm³/mol. The van der Waals surface area contributed by atoms with Crippen molar-refractivity contribution in [2.24, 2.45) is 5.92 Å². The Morgan fingerprint density at radius 2 is 2.06 bits per heavy atom. The molecule has 1 aromatic rings. The van der Waals surface area contributed by atoms with E-state index in [4.69, 9.17) is 4.42 Å². The molecule has 0 aromatic carbocycles. The Balaban J connectivity index is 2.32. The molecular weight excluding hydrogens is 216 g/mol. The summed E-state index contributed by atoms with van der Waals surface area (Å²) < 4.78 is 5.15. The summed E-state index contributed by atoms with van der Waals surface area (Å²) in [4.78, 5) is 11.8. The highest BCUT2D eigenvalue weighted by Crippen LogP contribution is 2.02. The highest BCUT2D eigenvalue weighted by atomic mass is 16.3. The van der Waals surface area contributed by atoms with Gasteiger partial charge in [0, 0.05) is 6.04 Å². The lowest BCUT2D eigenvalue weighted by molar-refractivity contribution is -0.123. The van der Waals surface area contributed by atoms with Crippen molar-refractivity contribution >= 4 is 5.91 Å². The molecule has 1 rings (SSSR count). The SMILES string of the molecule is CC(NC(C)C(C)C)C(=O)NCc1ccco1. The molecule has 96 valence electrons. The maximum absolute atomic E-state index is 11.8. The summed E-state index contributed by atoms with van der Waals surface area (Å²) in [6.45, 7) is 8.65. The minimum absolute atomic E-state index is 0.00565. The molecular formula is C13H22N2O2. The van der Waals surface area contributed by atoms with Gasteiger partial charge < -0.3 is 15.1 Å². The van der Waals surface area contributed by atoms with Crippen molar-refractivity contribution in [2.45, 2.75) is 46.3 Å². The number of rotatable bonds is 6. The molecule has 0 aliphatic heterocycles. The molecule has 0 bridgehead atoms. The Morgan fingerprint density at radius 1 is 1.35 bits per heavy atom. The van der Waals surface area contributed by atoms with Crippen LogP contribution in [0.2, 0.25) is 0 Å². The molecule has 0 fully saturated rings. The quantitative estimate of drug-likeness (QED) is 0.796. The Bertz CT molecular complexity index is 333. The summed E-state index contributed by atoms with van der Waals surface area (Å²) in [5.41, 5.74) is 0. The van der Waals surface area contributed by atoms with Crippen LogP contribution < -0.4 is 10.6 Å². The van der Waals surface area contributed by atoms with Gasteiger partial charge in [0.25, 0.3) is 0 Å². The average molecular weight is 238 g/mol. The van der Waals surface area contributed by atoms with E-state index in [-0.39, 0.29) is 11.9 Å². The largest absolute Gasteiger partial charge is 0.467 e. The van der Waals surface area contributed by atoms with Crippen molar-refractivity contribution in [1.82, 2.24) is 10.6 Å². The van der Waals surface area contributed by atoms with Crippen LogP contribution in [0.3, 0.4) is 0 Å². The lowest BCUT2D eigenvalue weighted by Crippen LogP contribution is -2.47. The van der Waals surface area contributed by atoms with Crippen molar-refractivity contribution in [1.29, 1.82) is 0 Å². The first-order chi connectivity index (χ1) is 8.00. The first-order valence-electron chi connectivity index (χ1n) is 6.07. The van der Waals surface area contributed by atoms with Gasteiger partial charge >= 0.3 is 0 Å². The molecule has 0 saturated carbocycles. The van der Waals surface area contributed by atoms with Gasteiger partial charge in [-0.1, -0.05) is 13.8 Å². The second-order valence-electron chi connectivity index (χ2n) is 4.72. The standard InChI is InChI=1S/C13H22N2O2/c1-9(2)10(3)15-11(4)13(16)14-8-12-6-5-7-17-12/h5-7,9-11,15H,8H2,1-4H3,(H,14,16). The van der Waals surface area contributed by atoms with E-state index >= 15 is 0 Å². The predicted octanol–water partition coefficient (Wildman–Crippen LogP) is 1.92. The van der Waals surface area contributed by atoms with E-state index in [1.807, 2.05) is 19.1 Å². The molecule has 2 unspecified atom stereocenters. The zero-order chi connectivity index (χ0) is 12.8. The van der Waals surface area contributed by atoms with E-state index in [1.54, 1.807) is 6.26 Å². The monoisotopic (exact) mass is 238 g/mol. The molecule has 0 radical (unpaired) electrons. The third-order valence-corrected chi connectivity index (χ3v) is 2.92. The van der Waals surface area contributed by atoms with Gasteiger partial charge in [-0.15, -0.1) is 0 Å². The van der Waals surface area contributed by atoms with E-state index < -0.39 is 0 Å². The van der Waals surface area contributed by atoms with Crippen molar-refractivity contribution in [3.63, 3.8) is 0 Å². The van der Waals surface area contributed by atoms with E-state index in [1.165, 1.54) is 0 Å². The normalized spacial score (nSPS) is 14.6. The number of amides is 1. The van der Waals surface area contributed by atoms with Gasteiger partial charge in [-0.05, 0) is 31.9 Å². The lowest BCUT2D eigenvalue weighted by atomic mass is 10.1. The average Bonchev–Trinajstić information content (AvgIpc) is 2.78. The summed E-state index contributed by atoms with van der Waals surface area (Å²) in [5, 5.41) is 6.10. The van der Waals surface area contributed by atoms with Gasteiger partial charge in [-0.2, -0.15) is 0 Å². The molecule has 17 heavy (non-hydrogen) atoms. The molecule has 2 atom stereocenters. The topological polar surface area (TPSA) is 54.3 Å². The molecule has 1 heterocycles. The Morgan fingerprint density at radius 3 is 2.59 bits per heavy atom. The van der Waals surface area contributed by atoms with Gasteiger partial charge in [0.15, 0.2) is 0 Å².